The number of likely N-dealkylation sites (N-methyl/N-ethyl adjacent to an activating group) is 1. The largest absolute Gasteiger partial charge is 0.316 e. The van der Waals surface area contributed by atoms with Gasteiger partial charge in [-0.1, -0.05) is 6.07 Å². The van der Waals surface area contributed by atoms with Crippen LogP contribution < -0.4 is 5.32 Å². The predicted octanol–water partition coefficient (Wildman–Crippen LogP) is 2.52. The van der Waals surface area contributed by atoms with Crippen molar-refractivity contribution >= 4 is 11.3 Å². The summed E-state index contributed by atoms with van der Waals surface area (Å²) in [5.74, 6) is 0. The number of hydrogen-bond donors (Lipinski definition) is 1. The molecule has 16 heavy (non-hydrogen) atoms. The fraction of sp³-hybridized carbons (Fsp3) is 0.308. The van der Waals surface area contributed by atoms with Crippen molar-refractivity contribution in [3.63, 3.8) is 0 Å². The molecular weight excluding hydrogens is 216 g/mol. The average Bonchev–Trinajstić information content (AvgIpc) is 2.82. The molecule has 2 aromatic heterocycles. The minimum absolute atomic E-state index is 0.463. The van der Waals surface area contributed by atoms with Gasteiger partial charge in [0.25, 0.3) is 0 Å². The van der Waals surface area contributed by atoms with Crippen molar-refractivity contribution in [3.8, 4) is 0 Å². The molecule has 0 fully saturated rings. The third kappa shape index (κ3) is 3.15. The summed E-state index contributed by atoms with van der Waals surface area (Å²) in [6, 6.07) is 8.73. The van der Waals surface area contributed by atoms with E-state index < -0.39 is 0 Å². The van der Waals surface area contributed by atoms with Crippen molar-refractivity contribution in [3.05, 3.63) is 52.5 Å². The van der Waals surface area contributed by atoms with Gasteiger partial charge in [0, 0.05) is 24.4 Å². The second kappa shape index (κ2) is 5.77. The molecule has 1 N–H and O–H groups in total. The molecular formula is C13H16N2S. The Kier molecular flexibility index (Phi) is 4.08. The minimum atomic E-state index is 0.463. The summed E-state index contributed by atoms with van der Waals surface area (Å²) >= 11 is 1.75. The highest BCUT2D eigenvalue weighted by Crippen LogP contribution is 2.10. The molecule has 2 nitrogen and oxygen atoms in total. The van der Waals surface area contributed by atoms with E-state index >= 15 is 0 Å². The highest BCUT2D eigenvalue weighted by atomic mass is 32.1. The lowest BCUT2D eigenvalue weighted by Crippen LogP contribution is -2.30. The van der Waals surface area contributed by atoms with E-state index in [4.69, 9.17) is 0 Å². The van der Waals surface area contributed by atoms with E-state index in [2.05, 4.69) is 33.2 Å². The summed E-state index contributed by atoms with van der Waals surface area (Å²) in [6.07, 6.45) is 3.90. The Labute approximate surface area is 100 Å². The lowest BCUT2D eigenvalue weighted by molar-refractivity contribution is 0.551. The molecule has 3 heteroatoms. The van der Waals surface area contributed by atoms with E-state index in [1.807, 2.05) is 25.4 Å². The van der Waals surface area contributed by atoms with Crippen molar-refractivity contribution in [1.82, 2.24) is 10.3 Å². The molecule has 1 atom stereocenters. The molecule has 0 radical (unpaired) electrons. The van der Waals surface area contributed by atoms with Crippen LogP contribution in [0.25, 0.3) is 0 Å². The first-order chi connectivity index (χ1) is 7.88. The molecule has 0 saturated carbocycles. The Hall–Kier alpha value is -1.19. The maximum absolute atomic E-state index is 4.36. The van der Waals surface area contributed by atoms with Gasteiger partial charge in [0.2, 0.25) is 0 Å². The van der Waals surface area contributed by atoms with Gasteiger partial charge in [-0.05, 0) is 48.0 Å². The van der Waals surface area contributed by atoms with Crippen molar-refractivity contribution in [2.75, 3.05) is 7.05 Å². The molecule has 0 aliphatic heterocycles. The maximum atomic E-state index is 4.36. The van der Waals surface area contributed by atoms with E-state index in [-0.39, 0.29) is 0 Å². The Morgan fingerprint density at radius 2 is 2.25 bits per heavy atom. The number of pyridine rings is 1. The summed E-state index contributed by atoms with van der Waals surface area (Å²) in [6.45, 7) is 0. The molecule has 0 aliphatic carbocycles. The van der Waals surface area contributed by atoms with Gasteiger partial charge in [0.1, 0.15) is 0 Å². The Morgan fingerprint density at radius 3 is 2.88 bits per heavy atom. The van der Waals surface area contributed by atoms with Crippen molar-refractivity contribution in [1.29, 1.82) is 0 Å². The smallest absolute Gasteiger partial charge is 0.0419 e. The molecule has 2 aromatic rings. The second-order valence-electron chi connectivity index (χ2n) is 3.85. The van der Waals surface area contributed by atoms with Crippen LogP contribution in [0.5, 0.6) is 0 Å². The Morgan fingerprint density at radius 1 is 1.31 bits per heavy atom. The van der Waals surface area contributed by atoms with E-state index in [0.29, 0.717) is 6.04 Å². The van der Waals surface area contributed by atoms with Gasteiger partial charge in [0.15, 0.2) is 0 Å². The van der Waals surface area contributed by atoms with Crippen molar-refractivity contribution in [2.45, 2.75) is 18.9 Å². The standard InChI is InChI=1S/C13H16N2S/c1-14-13(8-11-5-7-16-10-11)9-12-4-2-3-6-15-12/h2-7,10,13-14H,8-9H2,1H3. The van der Waals surface area contributed by atoms with Crippen LogP contribution in [0.4, 0.5) is 0 Å². The van der Waals surface area contributed by atoms with Crippen LogP contribution in [-0.4, -0.2) is 18.1 Å². The number of nitrogens with zero attached hydrogens (tertiary/aromatic N) is 1. The highest BCUT2D eigenvalue weighted by Gasteiger charge is 2.09. The zero-order chi connectivity index (χ0) is 11.2. The first-order valence-corrected chi connectivity index (χ1v) is 6.41. The molecule has 2 rings (SSSR count). The van der Waals surface area contributed by atoms with Crippen LogP contribution in [0.2, 0.25) is 0 Å². The Bertz CT molecular complexity index is 397. The molecule has 0 saturated heterocycles. The molecule has 0 spiro atoms. The topological polar surface area (TPSA) is 24.9 Å². The quantitative estimate of drug-likeness (QED) is 0.857. The number of aromatic nitrogens is 1. The summed E-state index contributed by atoms with van der Waals surface area (Å²) in [4.78, 5) is 4.36. The van der Waals surface area contributed by atoms with Gasteiger partial charge in [-0.3, -0.25) is 4.98 Å². The lowest BCUT2D eigenvalue weighted by atomic mass is 10.0. The highest BCUT2D eigenvalue weighted by molar-refractivity contribution is 7.07. The maximum Gasteiger partial charge on any atom is 0.0419 e. The van der Waals surface area contributed by atoms with Crippen LogP contribution in [0, 0.1) is 0 Å². The predicted molar refractivity (Wildman–Crippen MR) is 68.8 cm³/mol. The third-order valence-electron chi connectivity index (χ3n) is 2.65. The lowest BCUT2D eigenvalue weighted by Gasteiger charge is -2.14. The fourth-order valence-electron chi connectivity index (χ4n) is 1.74. The first kappa shape index (κ1) is 11.3. The zero-order valence-electron chi connectivity index (χ0n) is 9.39. The van der Waals surface area contributed by atoms with E-state index in [1.165, 1.54) is 5.56 Å². The van der Waals surface area contributed by atoms with Crippen LogP contribution in [0.3, 0.4) is 0 Å². The number of thiophene rings is 1. The number of hydrogen-bond acceptors (Lipinski definition) is 3. The molecule has 0 bridgehead atoms. The van der Waals surface area contributed by atoms with E-state index in [9.17, 15) is 0 Å². The van der Waals surface area contributed by atoms with Crippen LogP contribution in [-0.2, 0) is 12.8 Å². The molecule has 0 amide bonds. The minimum Gasteiger partial charge on any atom is -0.316 e. The summed E-state index contributed by atoms with van der Waals surface area (Å²) in [5.41, 5.74) is 2.55. The summed E-state index contributed by atoms with van der Waals surface area (Å²) < 4.78 is 0. The molecule has 0 aliphatic rings. The molecule has 84 valence electrons. The van der Waals surface area contributed by atoms with Gasteiger partial charge >= 0.3 is 0 Å². The zero-order valence-corrected chi connectivity index (χ0v) is 10.2. The van der Waals surface area contributed by atoms with Crippen molar-refractivity contribution in [2.24, 2.45) is 0 Å². The van der Waals surface area contributed by atoms with E-state index in [1.54, 1.807) is 11.3 Å². The fourth-order valence-corrected chi connectivity index (χ4v) is 2.42. The van der Waals surface area contributed by atoms with Gasteiger partial charge in [-0.15, -0.1) is 0 Å². The van der Waals surface area contributed by atoms with Crippen molar-refractivity contribution < 1.29 is 0 Å². The van der Waals surface area contributed by atoms with Crippen LogP contribution in [0.15, 0.2) is 41.2 Å². The second-order valence-corrected chi connectivity index (χ2v) is 4.63. The monoisotopic (exact) mass is 232 g/mol. The third-order valence-corrected chi connectivity index (χ3v) is 3.38. The average molecular weight is 232 g/mol. The van der Waals surface area contributed by atoms with Crippen LogP contribution >= 0.6 is 11.3 Å². The molecule has 1 unspecified atom stereocenters. The summed E-state index contributed by atoms with van der Waals surface area (Å²) in [5, 5.41) is 7.69. The van der Waals surface area contributed by atoms with Gasteiger partial charge < -0.3 is 5.32 Å². The van der Waals surface area contributed by atoms with Gasteiger partial charge in [-0.25, -0.2) is 0 Å². The first-order valence-electron chi connectivity index (χ1n) is 5.46. The van der Waals surface area contributed by atoms with E-state index in [0.717, 1.165) is 18.5 Å². The van der Waals surface area contributed by atoms with Crippen LogP contribution in [0.1, 0.15) is 11.3 Å². The molecule has 2 heterocycles. The van der Waals surface area contributed by atoms with Gasteiger partial charge in [-0.2, -0.15) is 11.3 Å². The summed E-state index contributed by atoms with van der Waals surface area (Å²) in [7, 11) is 2.01. The number of rotatable bonds is 5. The molecule has 0 aromatic carbocycles. The Balaban J connectivity index is 1.96. The van der Waals surface area contributed by atoms with Gasteiger partial charge in [0.05, 0.1) is 0 Å². The normalized spacial score (nSPS) is 12.6. The SMILES string of the molecule is CNC(Cc1ccsc1)Cc1ccccn1. The number of nitrogens with one attached hydrogen (secondary N) is 1.